The van der Waals surface area contributed by atoms with Crippen LogP contribution in [0.25, 0.3) is 0 Å². The lowest BCUT2D eigenvalue weighted by Gasteiger charge is -2.40. The highest BCUT2D eigenvalue weighted by molar-refractivity contribution is 6.74. The van der Waals surface area contributed by atoms with Gasteiger partial charge >= 0.3 is 0 Å². The van der Waals surface area contributed by atoms with E-state index in [-0.39, 0.29) is 41.0 Å². The molecule has 3 atom stereocenters. The molecule has 52 heavy (non-hydrogen) atoms. The summed E-state index contributed by atoms with van der Waals surface area (Å²) in [5.74, 6) is 2.15. The second-order valence-corrected chi connectivity index (χ2v) is 21.8. The van der Waals surface area contributed by atoms with Crippen LogP contribution in [-0.4, -0.2) is 100 Å². The SMILES string of the molecule is CC(C)(C)[Si](C)(C)O[C@@H](CNCCN(C(=O)CCOCCc1cccc(CCN2CC3CCCC3C2)c1)C1CC1)c1ccc(O)c2c1OCC(=O)N2. The van der Waals surface area contributed by atoms with Crippen molar-refractivity contribution >= 4 is 25.8 Å². The molecular weight excluding hydrogens is 673 g/mol. The maximum Gasteiger partial charge on any atom is 0.262 e. The van der Waals surface area contributed by atoms with Crippen LogP contribution in [0.15, 0.2) is 36.4 Å². The molecule has 1 saturated heterocycles. The van der Waals surface area contributed by atoms with Crippen LogP contribution in [0.5, 0.6) is 11.5 Å². The molecular formula is C41H62N4O6Si. The third-order valence-electron chi connectivity index (χ3n) is 12.0. The lowest BCUT2D eigenvalue weighted by molar-refractivity contribution is -0.132. The Labute approximate surface area is 312 Å². The highest BCUT2D eigenvalue weighted by Crippen LogP contribution is 2.45. The molecule has 11 heteroatoms. The number of anilines is 1. The lowest BCUT2D eigenvalue weighted by Crippen LogP contribution is -2.44. The minimum Gasteiger partial charge on any atom is -0.506 e. The Hall–Kier alpha value is -2.96. The summed E-state index contributed by atoms with van der Waals surface area (Å²) >= 11 is 0. The van der Waals surface area contributed by atoms with Crippen LogP contribution in [0, 0.1) is 11.8 Å². The maximum absolute atomic E-state index is 13.3. The smallest absolute Gasteiger partial charge is 0.262 e. The molecule has 2 unspecified atom stereocenters. The summed E-state index contributed by atoms with van der Waals surface area (Å²) in [5.41, 5.74) is 3.77. The first-order valence-corrected chi connectivity index (χ1v) is 22.6. The van der Waals surface area contributed by atoms with Crippen LogP contribution in [0.3, 0.4) is 0 Å². The molecule has 2 saturated carbocycles. The predicted octanol–water partition coefficient (Wildman–Crippen LogP) is 6.29. The minimum atomic E-state index is -2.22. The topological polar surface area (TPSA) is 113 Å². The fraction of sp³-hybridized carbons (Fsp3) is 0.659. The molecule has 4 aliphatic rings. The fourth-order valence-corrected chi connectivity index (χ4v) is 9.12. The van der Waals surface area contributed by atoms with Crippen molar-refractivity contribution in [3.05, 3.63) is 53.1 Å². The van der Waals surface area contributed by atoms with E-state index in [0.717, 1.165) is 49.6 Å². The summed E-state index contributed by atoms with van der Waals surface area (Å²) < 4.78 is 18.7. The predicted molar refractivity (Wildman–Crippen MR) is 207 cm³/mol. The number of fused-ring (bicyclic) bond motifs is 2. The normalized spacial score (nSPS) is 21.0. The van der Waals surface area contributed by atoms with Gasteiger partial charge in [0.05, 0.1) is 25.7 Å². The van der Waals surface area contributed by atoms with Gasteiger partial charge in [0.2, 0.25) is 5.91 Å². The van der Waals surface area contributed by atoms with E-state index >= 15 is 0 Å². The van der Waals surface area contributed by atoms with Gasteiger partial charge in [-0.3, -0.25) is 9.59 Å². The van der Waals surface area contributed by atoms with E-state index in [1.54, 1.807) is 6.07 Å². The Morgan fingerprint density at radius 1 is 1.08 bits per heavy atom. The van der Waals surface area contributed by atoms with Crippen LogP contribution in [0.1, 0.15) is 82.1 Å². The second-order valence-electron chi connectivity index (χ2n) is 17.0. The number of amides is 2. The molecule has 6 rings (SSSR count). The third-order valence-corrected chi connectivity index (χ3v) is 16.5. The number of aromatic hydroxyl groups is 1. The van der Waals surface area contributed by atoms with Gasteiger partial charge in [-0.1, -0.05) is 51.5 Å². The van der Waals surface area contributed by atoms with Crippen molar-refractivity contribution in [2.24, 2.45) is 11.8 Å². The molecule has 3 fully saturated rings. The molecule has 0 bridgehead atoms. The molecule has 0 spiro atoms. The van der Waals surface area contributed by atoms with Crippen molar-refractivity contribution < 1.29 is 28.6 Å². The molecule has 2 amide bonds. The van der Waals surface area contributed by atoms with Crippen LogP contribution in [0.4, 0.5) is 5.69 Å². The molecule has 2 aliphatic carbocycles. The van der Waals surface area contributed by atoms with E-state index in [1.165, 1.54) is 43.5 Å². The van der Waals surface area contributed by atoms with E-state index in [4.69, 9.17) is 13.9 Å². The van der Waals surface area contributed by atoms with Crippen LogP contribution in [-0.2, 0) is 31.6 Å². The number of carbonyl (C=O) groups is 2. The Morgan fingerprint density at radius 3 is 2.52 bits per heavy atom. The first kappa shape index (κ1) is 38.8. The van der Waals surface area contributed by atoms with Crippen LogP contribution in [0.2, 0.25) is 18.1 Å². The quantitative estimate of drug-likeness (QED) is 0.0932. The van der Waals surface area contributed by atoms with Gasteiger partial charge < -0.3 is 39.4 Å². The number of benzene rings is 2. The van der Waals surface area contributed by atoms with Gasteiger partial charge in [-0.15, -0.1) is 0 Å². The Kier molecular flexibility index (Phi) is 12.7. The van der Waals surface area contributed by atoms with Crippen molar-refractivity contribution in [3.8, 4) is 11.5 Å². The third kappa shape index (κ3) is 9.96. The fourth-order valence-electron chi connectivity index (χ4n) is 7.85. The summed E-state index contributed by atoms with van der Waals surface area (Å²) in [5, 5.41) is 16.7. The maximum atomic E-state index is 13.3. The number of phenols is 1. The number of nitrogens with one attached hydrogen (secondary N) is 2. The van der Waals surface area contributed by atoms with Crippen molar-refractivity contribution in [1.82, 2.24) is 15.1 Å². The monoisotopic (exact) mass is 734 g/mol. The van der Waals surface area contributed by atoms with Gasteiger partial charge in [-0.2, -0.15) is 0 Å². The summed E-state index contributed by atoms with van der Waals surface area (Å²) in [7, 11) is -2.22. The second kappa shape index (κ2) is 17.0. The van der Waals surface area contributed by atoms with Crippen LogP contribution < -0.4 is 15.4 Å². The number of phenolic OH excluding ortho intramolecular Hbond substituents is 1. The van der Waals surface area contributed by atoms with E-state index < -0.39 is 8.32 Å². The molecule has 2 heterocycles. The van der Waals surface area contributed by atoms with Gasteiger partial charge in [-0.25, -0.2) is 0 Å². The summed E-state index contributed by atoms with van der Waals surface area (Å²) in [6.45, 7) is 17.4. The van der Waals surface area contributed by atoms with E-state index in [9.17, 15) is 14.7 Å². The average Bonchev–Trinajstić information content (AvgIpc) is 3.72. The average molecular weight is 735 g/mol. The number of carbonyl (C=O) groups excluding carboxylic acids is 2. The van der Waals surface area contributed by atoms with Crippen molar-refractivity contribution in [2.75, 3.05) is 64.4 Å². The summed E-state index contributed by atoms with van der Waals surface area (Å²) in [6.07, 6.45) is 8.34. The number of likely N-dealkylation sites (tertiary alicyclic amines) is 1. The molecule has 2 aliphatic heterocycles. The van der Waals surface area contributed by atoms with Gasteiger partial charge in [0, 0.05) is 50.9 Å². The first-order chi connectivity index (χ1) is 24.9. The Morgan fingerprint density at radius 2 is 1.81 bits per heavy atom. The minimum absolute atomic E-state index is 0.0228. The molecule has 286 valence electrons. The number of rotatable bonds is 18. The zero-order valence-electron chi connectivity index (χ0n) is 32.2. The molecule has 2 aromatic rings. The van der Waals surface area contributed by atoms with Gasteiger partial charge in [0.15, 0.2) is 20.7 Å². The zero-order valence-corrected chi connectivity index (χ0v) is 33.2. The number of hydrogen-bond donors (Lipinski definition) is 3. The Balaban J connectivity index is 0.946. The van der Waals surface area contributed by atoms with Gasteiger partial charge in [0.25, 0.3) is 5.91 Å². The van der Waals surface area contributed by atoms with Crippen molar-refractivity contribution in [2.45, 2.75) is 102 Å². The van der Waals surface area contributed by atoms with Gasteiger partial charge in [0.1, 0.15) is 11.4 Å². The number of nitrogens with zero attached hydrogens (tertiary/aromatic N) is 2. The highest BCUT2D eigenvalue weighted by atomic mass is 28.4. The largest absolute Gasteiger partial charge is 0.506 e. The van der Waals surface area contributed by atoms with E-state index in [1.807, 2.05) is 11.0 Å². The standard InChI is InChI=1S/C41H62N4O6Si/c1-41(2,3)52(4,5)51-36(34-14-15-35(46)39-40(34)50-28-37(47)43-39)25-42-19-21-45(33-12-13-33)38(48)18-23-49-22-17-30-9-6-8-29(24-30)16-20-44-26-31-10-7-11-32(31)27-44/h6,8-9,14-15,24,31-33,36,42,46H,7,10-13,16-23,25-28H2,1-5H3,(H,43,47)/t31?,32?,36-/m0/s1. The number of hydrogen-bond acceptors (Lipinski definition) is 8. The molecule has 0 aromatic heterocycles. The van der Waals surface area contributed by atoms with Crippen molar-refractivity contribution in [1.29, 1.82) is 0 Å². The number of ether oxygens (including phenoxy) is 2. The highest BCUT2D eigenvalue weighted by Gasteiger charge is 2.41. The van der Waals surface area contributed by atoms with E-state index in [2.05, 4.69) is 73.7 Å². The lowest BCUT2D eigenvalue weighted by atomic mass is 10.0. The Bertz CT molecular complexity index is 1530. The van der Waals surface area contributed by atoms with Gasteiger partial charge in [-0.05, 0) is 91.8 Å². The zero-order chi connectivity index (χ0) is 36.9. The van der Waals surface area contributed by atoms with Crippen molar-refractivity contribution in [3.63, 3.8) is 0 Å². The molecule has 0 radical (unpaired) electrons. The first-order valence-electron chi connectivity index (χ1n) is 19.7. The summed E-state index contributed by atoms with van der Waals surface area (Å²) in [6, 6.07) is 12.6. The van der Waals surface area contributed by atoms with E-state index in [0.29, 0.717) is 51.1 Å². The molecule has 10 nitrogen and oxygen atoms in total. The molecule has 3 N–H and O–H groups in total. The summed E-state index contributed by atoms with van der Waals surface area (Å²) in [4.78, 5) is 30.0. The molecule has 2 aromatic carbocycles. The van der Waals surface area contributed by atoms with Crippen LogP contribution >= 0.6 is 0 Å².